The maximum absolute atomic E-state index is 11.6. The quantitative estimate of drug-likeness (QED) is 0.847. The van der Waals surface area contributed by atoms with E-state index in [-0.39, 0.29) is 6.54 Å². The highest BCUT2D eigenvalue weighted by Crippen LogP contribution is 2.06. The molecule has 1 N–H and O–H groups in total. The summed E-state index contributed by atoms with van der Waals surface area (Å²) in [5, 5.41) is 4.07. The Balaban J connectivity index is 2.13. The van der Waals surface area contributed by atoms with Crippen molar-refractivity contribution in [3.8, 4) is 5.82 Å². The third kappa shape index (κ3) is 3.37. The van der Waals surface area contributed by atoms with Crippen LogP contribution in [0.15, 0.2) is 36.8 Å². The van der Waals surface area contributed by atoms with E-state index in [9.17, 15) is 8.42 Å². The lowest BCUT2D eigenvalue weighted by atomic mass is 10.2. The molecule has 0 unspecified atom stereocenters. The van der Waals surface area contributed by atoms with E-state index in [0.29, 0.717) is 5.82 Å². The Morgan fingerprint density at radius 1 is 1.37 bits per heavy atom. The molecule has 0 radical (unpaired) electrons. The summed E-state index contributed by atoms with van der Waals surface area (Å²) in [5.41, 5.74) is 0.811. The van der Waals surface area contributed by atoms with Gasteiger partial charge in [0.25, 0.3) is 10.2 Å². The summed E-state index contributed by atoms with van der Waals surface area (Å²) in [7, 11) is -0.470. The van der Waals surface area contributed by atoms with Crippen molar-refractivity contribution in [1.82, 2.24) is 23.8 Å². The van der Waals surface area contributed by atoms with Crippen molar-refractivity contribution in [1.29, 1.82) is 0 Å². The standard InChI is InChI=1S/C11H15N5O2S/c1-15(2)19(17,18)14-9-10-4-6-12-11(8-10)16-7-3-5-13-16/h3-8,14H,9H2,1-2H3. The number of rotatable bonds is 5. The second-order valence-corrected chi connectivity index (χ2v) is 6.05. The minimum absolute atomic E-state index is 0.206. The average Bonchev–Trinajstić information content (AvgIpc) is 2.90. The highest BCUT2D eigenvalue weighted by Gasteiger charge is 2.12. The van der Waals surface area contributed by atoms with Crippen molar-refractivity contribution in [3.05, 3.63) is 42.4 Å². The first-order valence-electron chi connectivity index (χ1n) is 5.61. The lowest BCUT2D eigenvalue weighted by Gasteiger charge is -2.12. The van der Waals surface area contributed by atoms with Gasteiger partial charge in [-0.1, -0.05) is 0 Å². The van der Waals surface area contributed by atoms with Gasteiger partial charge in [-0.25, -0.2) is 9.67 Å². The van der Waals surface area contributed by atoms with Crippen LogP contribution in [0.2, 0.25) is 0 Å². The molecule has 8 heteroatoms. The fourth-order valence-electron chi connectivity index (χ4n) is 1.40. The maximum Gasteiger partial charge on any atom is 0.279 e. The van der Waals surface area contributed by atoms with Gasteiger partial charge < -0.3 is 0 Å². The van der Waals surface area contributed by atoms with Gasteiger partial charge in [-0.3, -0.25) is 0 Å². The number of hydrogen-bond donors (Lipinski definition) is 1. The molecule has 0 saturated heterocycles. The van der Waals surface area contributed by atoms with Crippen molar-refractivity contribution in [3.63, 3.8) is 0 Å². The molecule has 2 aromatic heterocycles. The molecule has 0 aliphatic heterocycles. The van der Waals surface area contributed by atoms with Crippen LogP contribution in [-0.2, 0) is 16.8 Å². The van der Waals surface area contributed by atoms with Gasteiger partial charge in [0, 0.05) is 39.2 Å². The van der Waals surface area contributed by atoms with Crippen LogP contribution in [0.1, 0.15) is 5.56 Å². The first-order valence-corrected chi connectivity index (χ1v) is 7.05. The first-order chi connectivity index (χ1) is 8.99. The molecule has 0 fully saturated rings. The number of hydrogen-bond acceptors (Lipinski definition) is 4. The Morgan fingerprint density at radius 2 is 2.16 bits per heavy atom. The Kier molecular flexibility index (Phi) is 3.93. The van der Waals surface area contributed by atoms with E-state index in [1.54, 1.807) is 41.5 Å². The lowest BCUT2D eigenvalue weighted by molar-refractivity contribution is 0.505. The summed E-state index contributed by atoms with van der Waals surface area (Å²) >= 11 is 0. The van der Waals surface area contributed by atoms with E-state index in [1.165, 1.54) is 14.1 Å². The van der Waals surface area contributed by atoms with Gasteiger partial charge in [-0.15, -0.1) is 0 Å². The van der Waals surface area contributed by atoms with Gasteiger partial charge in [-0.2, -0.15) is 22.5 Å². The van der Waals surface area contributed by atoms with Crippen molar-refractivity contribution in [2.75, 3.05) is 14.1 Å². The SMILES string of the molecule is CN(C)S(=O)(=O)NCc1ccnc(-n2cccn2)c1. The molecule has 0 spiro atoms. The molecule has 0 saturated carbocycles. The predicted molar refractivity (Wildman–Crippen MR) is 70.8 cm³/mol. The molecule has 0 bridgehead atoms. The Bertz CT molecular complexity index is 637. The second kappa shape index (κ2) is 5.47. The topological polar surface area (TPSA) is 80.1 Å². The number of pyridine rings is 1. The summed E-state index contributed by atoms with van der Waals surface area (Å²) in [5.74, 6) is 0.645. The Morgan fingerprint density at radius 3 is 2.79 bits per heavy atom. The zero-order chi connectivity index (χ0) is 13.9. The minimum atomic E-state index is -3.42. The molecule has 2 aromatic rings. The van der Waals surface area contributed by atoms with E-state index >= 15 is 0 Å². The minimum Gasteiger partial charge on any atom is -0.237 e. The van der Waals surface area contributed by atoms with Crippen LogP contribution in [0.4, 0.5) is 0 Å². The van der Waals surface area contributed by atoms with Crippen LogP contribution in [0.25, 0.3) is 5.82 Å². The fourth-order valence-corrected chi connectivity index (χ4v) is 2.01. The molecular formula is C11H15N5O2S. The molecule has 102 valence electrons. The maximum atomic E-state index is 11.6. The van der Waals surface area contributed by atoms with Crippen molar-refractivity contribution >= 4 is 10.2 Å². The van der Waals surface area contributed by atoms with Gasteiger partial charge in [0.2, 0.25) is 0 Å². The molecule has 0 aliphatic carbocycles. The lowest BCUT2D eigenvalue weighted by Crippen LogP contribution is -2.35. The van der Waals surface area contributed by atoms with E-state index in [1.807, 2.05) is 0 Å². The van der Waals surface area contributed by atoms with Gasteiger partial charge in [0.05, 0.1) is 0 Å². The number of nitrogens with zero attached hydrogens (tertiary/aromatic N) is 4. The summed E-state index contributed by atoms with van der Waals surface area (Å²) < 4.78 is 28.4. The van der Waals surface area contributed by atoms with Gasteiger partial charge in [0.15, 0.2) is 5.82 Å². The molecule has 0 atom stereocenters. The summed E-state index contributed by atoms with van der Waals surface area (Å²) in [6.45, 7) is 0.206. The van der Waals surface area contributed by atoms with Gasteiger partial charge >= 0.3 is 0 Å². The monoisotopic (exact) mass is 281 g/mol. The molecular weight excluding hydrogens is 266 g/mol. The average molecular weight is 281 g/mol. The van der Waals surface area contributed by atoms with E-state index in [4.69, 9.17) is 0 Å². The number of nitrogens with one attached hydrogen (secondary N) is 1. The van der Waals surface area contributed by atoms with Crippen LogP contribution in [0.3, 0.4) is 0 Å². The van der Waals surface area contributed by atoms with Crippen LogP contribution < -0.4 is 4.72 Å². The number of aromatic nitrogens is 3. The van der Waals surface area contributed by atoms with Gasteiger partial charge in [0.1, 0.15) is 0 Å². The first kappa shape index (κ1) is 13.7. The summed E-state index contributed by atoms with van der Waals surface area (Å²) in [4.78, 5) is 4.17. The molecule has 0 aliphatic rings. The van der Waals surface area contributed by atoms with Crippen LogP contribution in [0.5, 0.6) is 0 Å². The molecule has 19 heavy (non-hydrogen) atoms. The van der Waals surface area contributed by atoms with Crippen LogP contribution in [-0.4, -0.2) is 41.6 Å². The third-order valence-electron chi connectivity index (χ3n) is 2.49. The van der Waals surface area contributed by atoms with Crippen molar-refractivity contribution in [2.45, 2.75) is 6.54 Å². The van der Waals surface area contributed by atoms with E-state index in [2.05, 4.69) is 14.8 Å². The third-order valence-corrected chi connectivity index (χ3v) is 3.96. The fraction of sp³-hybridized carbons (Fsp3) is 0.273. The zero-order valence-corrected chi connectivity index (χ0v) is 11.5. The second-order valence-electron chi connectivity index (χ2n) is 4.08. The van der Waals surface area contributed by atoms with E-state index < -0.39 is 10.2 Å². The van der Waals surface area contributed by atoms with Crippen LogP contribution >= 0.6 is 0 Å². The summed E-state index contributed by atoms with van der Waals surface area (Å²) in [6.07, 6.45) is 5.05. The molecule has 0 aromatic carbocycles. The normalized spacial score (nSPS) is 11.9. The Hall–Kier alpha value is -1.77. The van der Waals surface area contributed by atoms with Crippen molar-refractivity contribution in [2.24, 2.45) is 0 Å². The highest BCUT2D eigenvalue weighted by molar-refractivity contribution is 7.87. The molecule has 7 nitrogen and oxygen atoms in total. The molecule has 2 rings (SSSR count). The Labute approximate surface area is 112 Å². The largest absolute Gasteiger partial charge is 0.279 e. The highest BCUT2D eigenvalue weighted by atomic mass is 32.2. The van der Waals surface area contributed by atoms with Crippen LogP contribution in [0, 0.1) is 0 Å². The van der Waals surface area contributed by atoms with Gasteiger partial charge in [-0.05, 0) is 23.8 Å². The molecule has 0 amide bonds. The summed E-state index contributed by atoms with van der Waals surface area (Å²) in [6, 6.07) is 5.33. The van der Waals surface area contributed by atoms with E-state index in [0.717, 1.165) is 9.87 Å². The van der Waals surface area contributed by atoms with Crippen molar-refractivity contribution < 1.29 is 8.42 Å². The predicted octanol–water partition coefficient (Wildman–Crippen LogP) is 0.163. The smallest absolute Gasteiger partial charge is 0.237 e. The zero-order valence-electron chi connectivity index (χ0n) is 10.7. The molecule has 2 heterocycles.